The molecule has 1 aliphatic heterocycles. The standard InChI is InChI=1S/C23H24N6O3/c1-2-19(30)28-12-10-16(11-13-28)29-22(24)20(23(25)31)21(27-29)15-8-9-18(26-14-15)32-17-6-4-3-5-7-17/h2-9,14,16H,1,10-13,24H2,(H2,25,31). The number of aromatic nitrogens is 3. The number of carbonyl (C=O) groups excluding carboxylic acids is 2. The Hall–Kier alpha value is -4.14. The molecule has 4 rings (SSSR count). The van der Waals surface area contributed by atoms with E-state index in [1.807, 2.05) is 30.3 Å². The van der Waals surface area contributed by atoms with E-state index < -0.39 is 5.91 Å². The molecule has 0 unspecified atom stereocenters. The molecule has 0 atom stereocenters. The first kappa shape index (κ1) is 21.1. The third-order valence-electron chi connectivity index (χ3n) is 5.47. The van der Waals surface area contributed by atoms with Crippen molar-refractivity contribution in [2.24, 2.45) is 5.73 Å². The van der Waals surface area contributed by atoms with E-state index in [9.17, 15) is 9.59 Å². The summed E-state index contributed by atoms with van der Waals surface area (Å²) in [4.78, 5) is 30.1. The van der Waals surface area contributed by atoms with Gasteiger partial charge in [0, 0.05) is 30.9 Å². The Labute approximate surface area is 185 Å². The van der Waals surface area contributed by atoms with E-state index in [2.05, 4.69) is 16.7 Å². The van der Waals surface area contributed by atoms with Gasteiger partial charge >= 0.3 is 0 Å². The fraction of sp³-hybridized carbons (Fsp3) is 0.217. The first-order valence-electron chi connectivity index (χ1n) is 10.3. The summed E-state index contributed by atoms with van der Waals surface area (Å²) in [6.45, 7) is 4.65. The largest absolute Gasteiger partial charge is 0.439 e. The van der Waals surface area contributed by atoms with Gasteiger partial charge in [0.1, 0.15) is 22.8 Å². The average molecular weight is 432 g/mol. The SMILES string of the molecule is C=CC(=O)N1CCC(n2nc(-c3ccc(Oc4ccccc4)nc3)c(C(N)=O)c2N)CC1. The summed E-state index contributed by atoms with van der Waals surface area (Å²) in [6, 6.07) is 12.7. The fourth-order valence-electron chi connectivity index (χ4n) is 3.82. The Balaban J connectivity index is 1.58. The molecule has 1 fully saturated rings. The molecule has 9 heteroatoms. The topological polar surface area (TPSA) is 129 Å². The third kappa shape index (κ3) is 4.18. The summed E-state index contributed by atoms with van der Waals surface area (Å²) in [5, 5.41) is 4.62. The summed E-state index contributed by atoms with van der Waals surface area (Å²) in [5.41, 5.74) is 13.0. The van der Waals surface area contributed by atoms with Crippen molar-refractivity contribution in [3.63, 3.8) is 0 Å². The second-order valence-corrected chi connectivity index (χ2v) is 7.48. The first-order valence-corrected chi connectivity index (χ1v) is 10.3. The summed E-state index contributed by atoms with van der Waals surface area (Å²) in [5.74, 6) is 0.533. The Kier molecular flexibility index (Phi) is 5.89. The highest BCUT2D eigenvalue weighted by molar-refractivity contribution is 6.03. The number of rotatable bonds is 6. The van der Waals surface area contributed by atoms with E-state index in [0.29, 0.717) is 48.8 Å². The van der Waals surface area contributed by atoms with Crippen molar-refractivity contribution in [3.8, 4) is 22.9 Å². The molecule has 1 aliphatic rings. The lowest BCUT2D eigenvalue weighted by atomic mass is 10.0. The van der Waals surface area contributed by atoms with Crippen LogP contribution in [0, 0.1) is 0 Å². The number of benzene rings is 1. The van der Waals surface area contributed by atoms with E-state index in [4.69, 9.17) is 16.2 Å². The van der Waals surface area contributed by atoms with Crippen LogP contribution in [-0.4, -0.2) is 44.6 Å². The van der Waals surface area contributed by atoms with E-state index in [-0.39, 0.29) is 23.3 Å². The van der Waals surface area contributed by atoms with Crippen LogP contribution in [0.1, 0.15) is 29.2 Å². The quantitative estimate of drug-likeness (QED) is 0.576. The molecule has 4 N–H and O–H groups in total. The minimum absolute atomic E-state index is 0.0515. The molecule has 2 amide bonds. The van der Waals surface area contributed by atoms with Gasteiger partial charge in [-0.05, 0) is 37.1 Å². The van der Waals surface area contributed by atoms with Crippen LogP contribution < -0.4 is 16.2 Å². The number of amides is 2. The summed E-state index contributed by atoms with van der Waals surface area (Å²) >= 11 is 0. The van der Waals surface area contributed by atoms with E-state index in [0.717, 1.165) is 0 Å². The number of nitrogen functional groups attached to an aromatic ring is 1. The molecule has 9 nitrogen and oxygen atoms in total. The molecule has 0 spiro atoms. The van der Waals surface area contributed by atoms with Crippen LogP contribution in [0.5, 0.6) is 11.6 Å². The fourth-order valence-corrected chi connectivity index (χ4v) is 3.82. The van der Waals surface area contributed by atoms with Crippen LogP contribution in [0.15, 0.2) is 61.3 Å². The van der Waals surface area contributed by atoms with Crippen molar-refractivity contribution in [1.29, 1.82) is 0 Å². The number of hydrogen-bond acceptors (Lipinski definition) is 6. The van der Waals surface area contributed by atoms with Crippen LogP contribution in [-0.2, 0) is 4.79 Å². The molecule has 1 aromatic carbocycles. The minimum Gasteiger partial charge on any atom is -0.439 e. The van der Waals surface area contributed by atoms with E-state index in [1.54, 1.807) is 27.9 Å². The Bertz CT molecular complexity index is 1130. The van der Waals surface area contributed by atoms with Gasteiger partial charge in [-0.1, -0.05) is 24.8 Å². The van der Waals surface area contributed by atoms with Gasteiger partial charge in [-0.3, -0.25) is 9.59 Å². The molecule has 3 aromatic rings. The maximum absolute atomic E-state index is 12.2. The van der Waals surface area contributed by atoms with Crippen molar-refractivity contribution in [2.45, 2.75) is 18.9 Å². The molecule has 0 bridgehead atoms. The molecule has 0 saturated carbocycles. The van der Waals surface area contributed by atoms with Crippen molar-refractivity contribution in [1.82, 2.24) is 19.7 Å². The number of primary amides is 1. The predicted molar refractivity (Wildman–Crippen MR) is 120 cm³/mol. The van der Waals surface area contributed by atoms with Crippen LogP contribution in [0.25, 0.3) is 11.3 Å². The molecular weight excluding hydrogens is 408 g/mol. The van der Waals surface area contributed by atoms with Crippen molar-refractivity contribution >= 4 is 17.6 Å². The van der Waals surface area contributed by atoms with Crippen LogP contribution in [0.3, 0.4) is 0 Å². The van der Waals surface area contributed by atoms with Crippen LogP contribution in [0.2, 0.25) is 0 Å². The number of nitrogens with zero attached hydrogens (tertiary/aromatic N) is 4. The van der Waals surface area contributed by atoms with Gasteiger partial charge in [-0.25, -0.2) is 9.67 Å². The van der Waals surface area contributed by atoms with Gasteiger partial charge in [-0.2, -0.15) is 5.10 Å². The molecule has 1 saturated heterocycles. The minimum atomic E-state index is -0.660. The van der Waals surface area contributed by atoms with Gasteiger partial charge in [0.2, 0.25) is 11.8 Å². The Morgan fingerprint density at radius 3 is 2.44 bits per heavy atom. The molecular formula is C23H24N6O3. The number of likely N-dealkylation sites (tertiary alicyclic amines) is 1. The van der Waals surface area contributed by atoms with Gasteiger partial charge in [-0.15, -0.1) is 0 Å². The number of para-hydroxylation sites is 1. The van der Waals surface area contributed by atoms with Gasteiger partial charge in [0.15, 0.2) is 0 Å². The number of piperidine rings is 1. The lowest BCUT2D eigenvalue weighted by Crippen LogP contribution is -2.38. The van der Waals surface area contributed by atoms with E-state index >= 15 is 0 Å². The monoisotopic (exact) mass is 432 g/mol. The van der Waals surface area contributed by atoms with Gasteiger partial charge < -0.3 is 21.1 Å². The van der Waals surface area contributed by atoms with Gasteiger partial charge in [0.25, 0.3) is 5.91 Å². The Morgan fingerprint density at radius 1 is 1.12 bits per heavy atom. The maximum atomic E-state index is 12.2. The highest BCUT2D eigenvalue weighted by atomic mass is 16.5. The molecule has 164 valence electrons. The zero-order valence-corrected chi connectivity index (χ0v) is 17.5. The average Bonchev–Trinajstić information content (AvgIpc) is 3.17. The lowest BCUT2D eigenvalue weighted by molar-refractivity contribution is -0.127. The van der Waals surface area contributed by atoms with E-state index in [1.165, 1.54) is 6.08 Å². The summed E-state index contributed by atoms with van der Waals surface area (Å²) in [6.07, 6.45) is 4.20. The van der Waals surface area contributed by atoms with Gasteiger partial charge in [0.05, 0.1) is 6.04 Å². The van der Waals surface area contributed by atoms with Crippen LogP contribution in [0.4, 0.5) is 5.82 Å². The van der Waals surface area contributed by atoms with Crippen molar-refractivity contribution in [2.75, 3.05) is 18.8 Å². The molecule has 0 radical (unpaired) electrons. The van der Waals surface area contributed by atoms with Crippen LogP contribution >= 0.6 is 0 Å². The second-order valence-electron chi connectivity index (χ2n) is 7.48. The third-order valence-corrected chi connectivity index (χ3v) is 5.47. The number of nitrogens with two attached hydrogens (primary N) is 2. The highest BCUT2D eigenvalue weighted by Gasteiger charge is 2.29. The highest BCUT2D eigenvalue weighted by Crippen LogP contribution is 2.33. The zero-order valence-electron chi connectivity index (χ0n) is 17.5. The number of pyridine rings is 1. The smallest absolute Gasteiger partial charge is 0.254 e. The lowest BCUT2D eigenvalue weighted by Gasteiger charge is -2.31. The summed E-state index contributed by atoms with van der Waals surface area (Å²) < 4.78 is 7.36. The number of anilines is 1. The maximum Gasteiger partial charge on any atom is 0.254 e. The molecule has 32 heavy (non-hydrogen) atoms. The molecule has 2 aromatic heterocycles. The predicted octanol–water partition coefficient (Wildman–Crippen LogP) is 2.77. The second kappa shape index (κ2) is 8.93. The number of ether oxygens (including phenoxy) is 1. The van der Waals surface area contributed by atoms with Crippen molar-refractivity contribution < 1.29 is 14.3 Å². The van der Waals surface area contributed by atoms with Crippen molar-refractivity contribution in [3.05, 3.63) is 66.9 Å². The zero-order chi connectivity index (χ0) is 22.7. The molecule has 0 aliphatic carbocycles. The Morgan fingerprint density at radius 2 is 1.84 bits per heavy atom. The first-order chi connectivity index (χ1) is 15.5. The molecule has 3 heterocycles. The normalized spacial score (nSPS) is 14.2. The number of hydrogen-bond donors (Lipinski definition) is 2. The number of carbonyl (C=O) groups is 2. The summed E-state index contributed by atoms with van der Waals surface area (Å²) in [7, 11) is 0.